The second kappa shape index (κ2) is 4.50. The molecule has 0 spiro atoms. The van der Waals surface area contributed by atoms with E-state index in [0.29, 0.717) is 5.56 Å². The lowest BCUT2D eigenvalue weighted by Gasteiger charge is -2.20. The number of benzene rings is 1. The summed E-state index contributed by atoms with van der Waals surface area (Å²) >= 11 is 0. The van der Waals surface area contributed by atoms with E-state index in [9.17, 15) is 13.6 Å². The Hall–Kier alpha value is -1.33. The smallest absolute Gasteiger partial charge is 0.251 e. The Balaban J connectivity index is 3.05. The van der Waals surface area contributed by atoms with Crippen molar-refractivity contribution < 1.29 is 13.6 Å². The van der Waals surface area contributed by atoms with Crippen molar-refractivity contribution in [2.75, 3.05) is 0 Å². The van der Waals surface area contributed by atoms with E-state index in [1.165, 1.54) is 12.1 Å². The number of nitrogens with one attached hydrogen (secondary N) is 1. The first-order valence-electron chi connectivity index (χ1n) is 5.12. The van der Waals surface area contributed by atoms with Crippen LogP contribution in [0.5, 0.6) is 0 Å². The van der Waals surface area contributed by atoms with E-state index in [4.69, 9.17) is 0 Å². The number of hydrogen-bond acceptors (Lipinski definition) is 2. The minimum atomic E-state index is -3.28. The largest absolute Gasteiger partial charge is 0.347 e. The summed E-state index contributed by atoms with van der Waals surface area (Å²) in [5.74, 6) is 2.89. The van der Waals surface area contributed by atoms with Crippen molar-refractivity contribution in [3.8, 4) is 0 Å². The fraction of sp³-hybridized carbons (Fsp3) is 0.333. The van der Waals surface area contributed by atoms with Gasteiger partial charge in [-0.05, 0) is 44.8 Å². The summed E-state index contributed by atoms with van der Waals surface area (Å²) < 4.78 is 20.7. The van der Waals surface area contributed by atoms with Crippen LogP contribution in [0, 0.1) is 0 Å². The molecular weight excluding hydrogens is 238 g/mol. The molecule has 0 aliphatic rings. The van der Waals surface area contributed by atoms with Crippen LogP contribution in [0.4, 0.5) is 0 Å². The van der Waals surface area contributed by atoms with E-state index in [1.54, 1.807) is 12.1 Å². The fourth-order valence-corrected chi connectivity index (χ4v) is 1.85. The van der Waals surface area contributed by atoms with Crippen LogP contribution in [0.15, 0.2) is 29.2 Å². The molecule has 0 heterocycles. The highest BCUT2D eigenvalue weighted by Crippen LogP contribution is 2.12. The summed E-state index contributed by atoms with van der Waals surface area (Å²) in [6.07, 6.45) is 0. The Morgan fingerprint density at radius 3 is 2.47 bits per heavy atom. The van der Waals surface area contributed by atoms with Gasteiger partial charge in [-0.15, -0.1) is 0 Å². The summed E-state index contributed by atoms with van der Waals surface area (Å²) in [5, 5.41) is 2.78. The molecule has 0 aliphatic carbocycles. The number of carbonyl (C=O) groups is 1. The van der Waals surface area contributed by atoms with Crippen molar-refractivity contribution in [3.05, 3.63) is 29.8 Å². The summed E-state index contributed by atoms with van der Waals surface area (Å²) in [7, 11) is -3.28. The third-order valence-corrected chi connectivity index (χ3v) is 2.94. The van der Waals surface area contributed by atoms with Crippen LogP contribution in [0.25, 0.3) is 0 Å². The van der Waals surface area contributed by atoms with E-state index in [1.807, 2.05) is 20.8 Å². The molecule has 1 aromatic carbocycles. The van der Waals surface area contributed by atoms with Crippen molar-refractivity contribution >= 4 is 21.6 Å². The van der Waals surface area contributed by atoms with Gasteiger partial charge in [0.1, 0.15) is 9.80 Å². The normalized spacial score (nSPS) is 15.1. The van der Waals surface area contributed by atoms with Gasteiger partial charge in [-0.1, -0.05) is 6.07 Å². The molecule has 0 aromatic heterocycles. The molecule has 1 amide bonds. The highest BCUT2D eigenvalue weighted by atomic mass is 32.2. The summed E-state index contributed by atoms with van der Waals surface area (Å²) in [6.45, 7) is 5.60. The van der Waals surface area contributed by atoms with Gasteiger partial charge in [0.25, 0.3) is 5.91 Å². The summed E-state index contributed by atoms with van der Waals surface area (Å²) in [5.41, 5.74) is 0.000831. The Morgan fingerprint density at radius 2 is 2.00 bits per heavy atom. The first-order chi connectivity index (χ1) is 7.59. The van der Waals surface area contributed by atoms with Gasteiger partial charge in [-0.25, -0.2) is 4.21 Å². The molecule has 0 aliphatic heterocycles. The molecule has 17 heavy (non-hydrogen) atoms. The minimum Gasteiger partial charge on any atom is -0.347 e. The third-order valence-electron chi connectivity index (χ3n) is 1.95. The van der Waals surface area contributed by atoms with Gasteiger partial charge in [-0.2, -0.15) is 0 Å². The third kappa shape index (κ3) is 4.20. The number of hydrogen-bond donors (Lipinski definition) is 2. The maximum atomic E-state index is 11.8. The van der Waals surface area contributed by atoms with Gasteiger partial charge in [0, 0.05) is 11.1 Å². The van der Waals surface area contributed by atoms with Gasteiger partial charge in [-0.3, -0.25) is 4.79 Å². The first kappa shape index (κ1) is 13.7. The summed E-state index contributed by atoms with van der Waals surface area (Å²) in [4.78, 5) is 12.0. The van der Waals surface area contributed by atoms with Crippen molar-refractivity contribution in [1.82, 2.24) is 5.32 Å². The van der Waals surface area contributed by atoms with Gasteiger partial charge >= 0.3 is 0 Å². The van der Waals surface area contributed by atoms with Crippen LogP contribution in [0.3, 0.4) is 0 Å². The Kier molecular flexibility index (Phi) is 3.64. The lowest BCUT2D eigenvalue weighted by Crippen LogP contribution is -2.40. The zero-order valence-corrected chi connectivity index (χ0v) is 11.0. The summed E-state index contributed by atoms with van der Waals surface area (Å²) in [6, 6.07) is 6.02. The minimum absolute atomic E-state index is 0.152. The zero-order valence-electron chi connectivity index (χ0n) is 10.2. The zero-order chi connectivity index (χ0) is 13.3. The predicted molar refractivity (Wildman–Crippen MR) is 69.8 cm³/mol. The monoisotopic (exact) mass is 255 g/mol. The van der Waals surface area contributed by atoms with E-state index in [0.717, 1.165) is 0 Å². The van der Waals surface area contributed by atoms with E-state index < -0.39 is 9.80 Å². The standard InChI is InChI=1S/C12H17NO3S/c1-12(2,3)13-11(14)9-6-5-7-10(8-9)17(4,15)16/h5-8H,4H2,1-3H3,(H,13,14)(H,15,16). The van der Waals surface area contributed by atoms with Gasteiger partial charge in [0.2, 0.25) is 0 Å². The van der Waals surface area contributed by atoms with E-state index in [2.05, 4.69) is 11.2 Å². The predicted octanol–water partition coefficient (Wildman–Crippen LogP) is 1.76. The van der Waals surface area contributed by atoms with Crippen LogP contribution in [-0.2, 0) is 9.80 Å². The second-order valence-electron chi connectivity index (χ2n) is 4.87. The molecule has 2 N–H and O–H groups in total. The number of rotatable bonds is 2. The fourth-order valence-electron chi connectivity index (χ4n) is 1.25. The number of carbonyl (C=O) groups excluding carboxylic acids is 1. The van der Waals surface area contributed by atoms with Crippen molar-refractivity contribution in [2.24, 2.45) is 0 Å². The molecular formula is C12H17NO3S. The second-order valence-corrected chi connectivity index (χ2v) is 6.62. The molecule has 1 unspecified atom stereocenters. The van der Waals surface area contributed by atoms with Crippen LogP contribution in [-0.4, -0.2) is 26.1 Å². The maximum Gasteiger partial charge on any atom is 0.251 e. The molecule has 0 saturated heterocycles. The molecule has 0 radical (unpaired) electrons. The Labute approximate surface area is 102 Å². The lowest BCUT2D eigenvalue weighted by atomic mass is 10.1. The molecule has 5 heteroatoms. The lowest BCUT2D eigenvalue weighted by molar-refractivity contribution is 0.0919. The van der Waals surface area contributed by atoms with Crippen LogP contribution < -0.4 is 5.32 Å². The van der Waals surface area contributed by atoms with Crippen molar-refractivity contribution in [2.45, 2.75) is 31.2 Å². The quantitative estimate of drug-likeness (QED) is 0.791. The Morgan fingerprint density at radius 1 is 1.41 bits per heavy atom. The molecule has 94 valence electrons. The van der Waals surface area contributed by atoms with Gasteiger partial charge in [0.15, 0.2) is 0 Å². The van der Waals surface area contributed by atoms with Crippen molar-refractivity contribution in [3.63, 3.8) is 0 Å². The van der Waals surface area contributed by atoms with Crippen molar-refractivity contribution in [1.29, 1.82) is 0 Å². The number of amides is 1. The molecule has 4 nitrogen and oxygen atoms in total. The highest BCUT2D eigenvalue weighted by molar-refractivity contribution is 7.95. The van der Waals surface area contributed by atoms with Crippen LogP contribution in [0.1, 0.15) is 31.1 Å². The van der Waals surface area contributed by atoms with Gasteiger partial charge < -0.3 is 9.87 Å². The van der Waals surface area contributed by atoms with Crippen LogP contribution in [0.2, 0.25) is 0 Å². The Bertz CT molecular complexity index is 527. The SMILES string of the molecule is C=S(=O)(O)c1cccc(C(=O)NC(C)(C)C)c1. The molecule has 0 fully saturated rings. The highest BCUT2D eigenvalue weighted by Gasteiger charge is 2.16. The molecule has 0 saturated carbocycles. The van der Waals surface area contributed by atoms with Crippen LogP contribution >= 0.6 is 0 Å². The topological polar surface area (TPSA) is 66.4 Å². The molecule has 1 rings (SSSR count). The molecule has 1 aromatic rings. The average Bonchev–Trinajstić information content (AvgIpc) is 2.14. The molecule has 1 atom stereocenters. The van der Waals surface area contributed by atoms with E-state index >= 15 is 0 Å². The molecule has 0 bridgehead atoms. The first-order valence-corrected chi connectivity index (χ1v) is 6.80. The van der Waals surface area contributed by atoms with E-state index in [-0.39, 0.29) is 16.3 Å². The van der Waals surface area contributed by atoms with Gasteiger partial charge in [0.05, 0.1) is 4.90 Å². The maximum absolute atomic E-state index is 11.8. The average molecular weight is 255 g/mol.